The highest BCUT2D eigenvalue weighted by Gasteiger charge is 2.19. The summed E-state index contributed by atoms with van der Waals surface area (Å²) in [4.78, 5) is 11.8. The summed E-state index contributed by atoms with van der Waals surface area (Å²) in [5.74, 6) is -0.0817. The molecule has 5 nitrogen and oxygen atoms in total. The zero-order valence-electron chi connectivity index (χ0n) is 11.0. The molecule has 96 valence electrons. The van der Waals surface area contributed by atoms with Crippen molar-refractivity contribution in [3.63, 3.8) is 0 Å². The highest BCUT2D eigenvalue weighted by molar-refractivity contribution is 5.94. The number of nitrogens with one attached hydrogen (secondary N) is 2. The second kappa shape index (κ2) is 5.82. The van der Waals surface area contributed by atoms with Gasteiger partial charge in [0.2, 0.25) is 0 Å². The first-order valence-corrected chi connectivity index (χ1v) is 5.73. The van der Waals surface area contributed by atoms with E-state index in [1.54, 1.807) is 13.3 Å². The minimum absolute atomic E-state index is 0.0311. The van der Waals surface area contributed by atoms with Crippen molar-refractivity contribution in [1.82, 2.24) is 15.5 Å². The maximum absolute atomic E-state index is 11.8. The lowest BCUT2D eigenvalue weighted by atomic mass is 9.89. The van der Waals surface area contributed by atoms with Crippen molar-refractivity contribution in [2.24, 2.45) is 5.41 Å². The third-order valence-electron chi connectivity index (χ3n) is 2.78. The number of H-pyrrole nitrogens is 1. The second-order valence-corrected chi connectivity index (χ2v) is 5.00. The van der Waals surface area contributed by atoms with Crippen molar-refractivity contribution >= 4 is 5.91 Å². The van der Waals surface area contributed by atoms with Crippen LogP contribution in [0.4, 0.5) is 0 Å². The van der Waals surface area contributed by atoms with Crippen LogP contribution in [0.2, 0.25) is 0 Å². The van der Waals surface area contributed by atoms with E-state index < -0.39 is 0 Å². The number of amides is 1. The minimum Gasteiger partial charge on any atom is -0.385 e. The van der Waals surface area contributed by atoms with Crippen molar-refractivity contribution in [3.8, 4) is 0 Å². The fourth-order valence-electron chi connectivity index (χ4n) is 1.46. The van der Waals surface area contributed by atoms with E-state index in [-0.39, 0.29) is 11.3 Å². The molecule has 0 radical (unpaired) electrons. The smallest absolute Gasteiger partial charge is 0.254 e. The summed E-state index contributed by atoms with van der Waals surface area (Å²) in [5.41, 5.74) is 1.42. The van der Waals surface area contributed by atoms with Crippen LogP contribution in [-0.2, 0) is 4.74 Å². The maximum Gasteiger partial charge on any atom is 0.254 e. The van der Waals surface area contributed by atoms with Gasteiger partial charge in [-0.1, -0.05) is 13.8 Å². The second-order valence-electron chi connectivity index (χ2n) is 5.00. The summed E-state index contributed by atoms with van der Waals surface area (Å²) in [6.07, 6.45) is 2.46. The molecule has 0 saturated carbocycles. The van der Waals surface area contributed by atoms with Crippen LogP contribution in [0.1, 0.15) is 36.3 Å². The van der Waals surface area contributed by atoms with Crippen LogP contribution >= 0.6 is 0 Å². The number of aromatic amines is 1. The third-order valence-corrected chi connectivity index (χ3v) is 2.78. The molecule has 5 heteroatoms. The first-order valence-electron chi connectivity index (χ1n) is 5.73. The van der Waals surface area contributed by atoms with Crippen LogP contribution < -0.4 is 5.32 Å². The van der Waals surface area contributed by atoms with Gasteiger partial charge in [0, 0.05) is 26.0 Å². The average molecular weight is 239 g/mol. The summed E-state index contributed by atoms with van der Waals surface area (Å²) < 4.78 is 5.05. The molecule has 0 aromatic carbocycles. The van der Waals surface area contributed by atoms with Gasteiger partial charge in [-0.2, -0.15) is 5.10 Å². The van der Waals surface area contributed by atoms with Gasteiger partial charge in [-0.15, -0.1) is 0 Å². The van der Waals surface area contributed by atoms with E-state index in [9.17, 15) is 4.79 Å². The predicted octanol–water partition coefficient (Wildman–Crippen LogP) is 1.51. The van der Waals surface area contributed by atoms with Crippen LogP contribution in [0.25, 0.3) is 0 Å². The lowest BCUT2D eigenvalue weighted by molar-refractivity contribution is 0.0920. The molecule has 0 aliphatic rings. The van der Waals surface area contributed by atoms with Crippen LogP contribution in [0, 0.1) is 12.3 Å². The van der Waals surface area contributed by atoms with Crippen LogP contribution in [0.3, 0.4) is 0 Å². The molecular formula is C12H21N3O2. The Morgan fingerprint density at radius 2 is 2.29 bits per heavy atom. The topological polar surface area (TPSA) is 67.0 Å². The van der Waals surface area contributed by atoms with Gasteiger partial charge in [0.05, 0.1) is 11.8 Å². The molecule has 17 heavy (non-hydrogen) atoms. The molecule has 1 aromatic heterocycles. The predicted molar refractivity (Wildman–Crippen MR) is 65.9 cm³/mol. The Morgan fingerprint density at radius 1 is 1.59 bits per heavy atom. The van der Waals surface area contributed by atoms with E-state index in [1.807, 2.05) is 6.92 Å². The van der Waals surface area contributed by atoms with Crippen LogP contribution in [-0.4, -0.2) is 36.4 Å². The zero-order chi connectivity index (χ0) is 12.9. The summed E-state index contributed by atoms with van der Waals surface area (Å²) in [5, 5.41) is 9.50. The van der Waals surface area contributed by atoms with Gasteiger partial charge in [0.25, 0.3) is 5.91 Å². The van der Waals surface area contributed by atoms with E-state index in [4.69, 9.17) is 4.74 Å². The highest BCUT2D eigenvalue weighted by atomic mass is 16.5. The molecule has 1 rings (SSSR count). The SMILES string of the molecule is COCCC(C)(C)CNC(=O)c1cn[nH]c1C. The van der Waals surface area contributed by atoms with Gasteiger partial charge < -0.3 is 10.1 Å². The van der Waals surface area contributed by atoms with Gasteiger partial charge in [0.1, 0.15) is 0 Å². The number of carbonyl (C=O) groups excluding carboxylic acids is 1. The van der Waals surface area contributed by atoms with Crippen LogP contribution in [0.5, 0.6) is 0 Å². The quantitative estimate of drug-likeness (QED) is 0.790. The Labute approximate surface area is 102 Å². The Bertz CT molecular complexity index is 372. The summed E-state index contributed by atoms with van der Waals surface area (Å²) >= 11 is 0. The molecule has 1 amide bonds. The molecule has 0 aliphatic heterocycles. The summed E-state index contributed by atoms with van der Waals surface area (Å²) in [6, 6.07) is 0. The van der Waals surface area contributed by atoms with Crippen LogP contribution in [0.15, 0.2) is 6.20 Å². The molecule has 1 aromatic rings. The molecule has 0 spiro atoms. The normalized spacial score (nSPS) is 11.5. The molecule has 0 atom stereocenters. The number of hydrogen-bond acceptors (Lipinski definition) is 3. The monoisotopic (exact) mass is 239 g/mol. The Balaban J connectivity index is 2.45. The Kier molecular flexibility index (Phi) is 4.69. The number of hydrogen-bond donors (Lipinski definition) is 2. The van der Waals surface area contributed by atoms with Crippen molar-refractivity contribution < 1.29 is 9.53 Å². The fourth-order valence-corrected chi connectivity index (χ4v) is 1.46. The molecule has 0 unspecified atom stereocenters. The van der Waals surface area contributed by atoms with E-state index >= 15 is 0 Å². The van der Waals surface area contributed by atoms with Crippen molar-refractivity contribution in [1.29, 1.82) is 0 Å². The zero-order valence-corrected chi connectivity index (χ0v) is 11.0. The van der Waals surface area contributed by atoms with Gasteiger partial charge in [-0.3, -0.25) is 9.89 Å². The third kappa shape index (κ3) is 4.19. The minimum atomic E-state index is -0.0817. The van der Waals surface area contributed by atoms with Gasteiger partial charge in [-0.05, 0) is 18.8 Å². The Morgan fingerprint density at radius 3 is 2.82 bits per heavy atom. The van der Waals surface area contributed by atoms with E-state index in [1.165, 1.54) is 0 Å². The standard InChI is InChI=1S/C12H21N3O2/c1-9-10(7-14-15-9)11(16)13-8-12(2,3)5-6-17-4/h7H,5-6,8H2,1-4H3,(H,13,16)(H,14,15). The summed E-state index contributed by atoms with van der Waals surface area (Å²) in [7, 11) is 1.68. The molecular weight excluding hydrogens is 218 g/mol. The lowest BCUT2D eigenvalue weighted by Gasteiger charge is -2.24. The molecule has 1 heterocycles. The largest absolute Gasteiger partial charge is 0.385 e. The van der Waals surface area contributed by atoms with E-state index in [2.05, 4.69) is 29.4 Å². The number of ether oxygens (including phenoxy) is 1. The molecule has 0 saturated heterocycles. The van der Waals surface area contributed by atoms with Crippen molar-refractivity contribution in [2.75, 3.05) is 20.3 Å². The maximum atomic E-state index is 11.8. The van der Waals surface area contributed by atoms with Gasteiger partial charge in [-0.25, -0.2) is 0 Å². The first-order chi connectivity index (χ1) is 7.96. The molecule has 0 bridgehead atoms. The number of aryl methyl sites for hydroxylation is 1. The van der Waals surface area contributed by atoms with Gasteiger partial charge in [0.15, 0.2) is 0 Å². The lowest BCUT2D eigenvalue weighted by Crippen LogP contribution is -2.34. The average Bonchev–Trinajstić information content (AvgIpc) is 2.70. The summed E-state index contributed by atoms with van der Waals surface area (Å²) in [6.45, 7) is 7.37. The molecule has 2 N–H and O–H groups in total. The van der Waals surface area contributed by atoms with Gasteiger partial charge >= 0.3 is 0 Å². The number of aromatic nitrogens is 2. The number of rotatable bonds is 6. The molecule has 0 aliphatic carbocycles. The Hall–Kier alpha value is -1.36. The fraction of sp³-hybridized carbons (Fsp3) is 0.667. The first kappa shape index (κ1) is 13.7. The molecule has 0 fully saturated rings. The van der Waals surface area contributed by atoms with Crippen molar-refractivity contribution in [2.45, 2.75) is 27.2 Å². The van der Waals surface area contributed by atoms with E-state index in [0.717, 1.165) is 12.1 Å². The van der Waals surface area contributed by atoms with Crippen molar-refractivity contribution in [3.05, 3.63) is 17.5 Å². The number of carbonyl (C=O) groups is 1. The highest BCUT2D eigenvalue weighted by Crippen LogP contribution is 2.19. The number of nitrogens with zero attached hydrogens (tertiary/aromatic N) is 1. The number of methoxy groups -OCH3 is 1. The van der Waals surface area contributed by atoms with E-state index in [0.29, 0.717) is 18.7 Å².